The van der Waals surface area contributed by atoms with Crippen LogP contribution in [0.4, 0.5) is 0 Å². The summed E-state index contributed by atoms with van der Waals surface area (Å²) >= 11 is 0. The highest BCUT2D eigenvalue weighted by Gasteiger charge is 2.27. The number of aromatic nitrogens is 1. The van der Waals surface area contributed by atoms with E-state index in [1.807, 2.05) is 63.2 Å². The number of carboxylic acids is 1. The maximum Gasteiger partial charge on any atom is 0.317 e. The Bertz CT molecular complexity index is 1160. The van der Waals surface area contributed by atoms with Crippen LogP contribution in [0, 0.1) is 27.7 Å². The van der Waals surface area contributed by atoms with E-state index in [0.717, 1.165) is 22.4 Å². The van der Waals surface area contributed by atoms with Crippen molar-refractivity contribution in [2.24, 2.45) is 0 Å². The number of Topliss-reactive ketones (excluding diaryl/α,β-unsaturated/α-hetero) is 1. The van der Waals surface area contributed by atoms with Crippen LogP contribution in [0.5, 0.6) is 5.75 Å². The predicted molar refractivity (Wildman–Crippen MR) is 145 cm³/mol. The topological polar surface area (TPSA) is 92.9 Å². The van der Waals surface area contributed by atoms with Crippen molar-refractivity contribution in [1.82, 2.24) is 9.88 Å². The number of hydrogen-bond acceptors (Lipinski definition) is 6. The van der Waals surface area contributed by atoms with Crippen LogP contribution in [-0.4, -0.2) is 38.9 Å². The minimum absolute atomic E-state index is 0.0497. The molecule has 0 amide bonds. The molecule has 194 valence electrons. The van der Waals surface area contributed by atoms with Crippen molar-refractivity contribution < 1.29 is 23.8 Å². The fourth-order valence-corrected chi connectivity index (χ4v) is 3.84. The molecule has 36 heavy (non-hydrogen) atoms. The van der Waals surface area contributed by atoms with Crippen molar-refractivity contribution in [1.29, 1.82) is 0 Å². The van der Waals surface area contributed by atoms with Crippen LogP contribution in [0.2, 0.25) is 0 Å². The molecule has 0 saturated carbocycles. The van der Waals surface area contributed by atoms with Gasteiger partial charge >= 0.3 is 5.97 Å². The number of aliphatic carboxylic acids is 1. The van der Waals surface area contributed by atoms with E-state index in [1.54, 1.807) is 25.7 Å². The molecule has 0 fully saturated rings. The Balaban J connectivity index is 0.000000558. The maximum absolute atomic E-state index is 11.8. The SMILES string of the molecule is CC(=O)C(C)(C)Oc1c(C)cc(CN(CC(=O)O)Cc2nc(C)oc2C)cc1C.Pc1ccccc1. The zero-order chi connectivity index (χ0) is 27.0. The van der Waals surface area contributed by atoms with Crippen LogP contribution in [0.1, 0.15) is 54.8 Å². The molecule has 3 aromatic rings. The zero-order valence-electron chi connectivity index (χ0n) is 22.2. The second-order valence-corrected chi connectivity index (χ2v) is 10.1. The highest BCUT2D eigenvalue weighted by molar-refractivity contribution is 7.27. The Hall–Kier alpha value is -3.02. The Morgan fingerprint density at radius 2 is 1.64 bits per heavy atom. The summed E-state index contributed by atoms with van der Waals surface area (Å²) in [5.41, 5.74) is 2.60. The van der Waals surface area contributed by atoms with E-state index in [9.17, 15) is 14.7 Å². The zero-order valence-corrected chi connectivity index (χ0v) is 23.4. The van der Waals surface area contributed by atoms with E-state index in [4.69, 9.17) is 9.15 Å². The van der Waals surface area contributed by atoms with E-state index in [0.29, 0.717) is 30.5 Å². The van der Waals surface area contributed by atoms with E-state index >= 15 is 0 Å². The van der Waals surface area contributed by atoms with Crippen LogP contribution < -0.4 is 10.0 Å². The van der Waals surface area contributed by atoms with Gasteiger partial charge in [0.2, 0.25) is 0 Å². The number of benzene rings is 2. The average molecular weight is 513 g/mol. The van der Waals surface area contributed by atoms with Gasteiger partial charge in [-0.25, -0.2) is 4.98 Å². The summed E-state index contributed by atoms with van der Waals surface area (Å²) in [7, 11) is 2.63. The maximum atomic E-state index is 11.8. The molecule has 2 aromatic carbocycles. The Kier molecular flexibility index (Phi) is 10.4. The number of nitrogens with zero attached hydrogens (tertiary/aromatic N) is 2. The number of hydrogen-bond donors (Lipinski definition) is 1. The minimum Gasteiger partial charge on any atom is -0.480 e. The summed E-state index contributed by atoms with van der Waals surface area (Å²) in [6.07, 6.45) is 0. The summed E-state index contributed by atoms with van der Waals surface area (Å²) in [5.74, 6) is 0.988. The molecule has 0 aliphatic carbocycles. The van der Waals surface area contributed by atoms with Gasteiger partial charge in [-0.05, 0) is 63.5 Å². The summed E-state index contributed by atoms with van der Waals surface area (Å²) in [5, 5.41) is 10.5. The summed E-state index contributed by atoms with van der Waals surface area (Å²) < 4.78 is 11.4. The van der Waals surface area contributed by atoms with Gasteiger partial charge in [0.1, 0.15) is 11.5 Å². The van der Waals surface area contributed by atoms with Gasteiger partial charge in [0.05, 0.1) is 12.2 Å². The first-order valence-corrected chi connectivity index (χ1v) is 12.3. The van der Waals surface area contributed by atoms with Gasteiger partial charge < -0.3 is 14.3 Å². The number of aryl methyl sites for hydroxylation is 4. The highest BCUT2D eigenvalue weighted by Crippen LogP contribution is 2.29. The second kappa shape index (κ2) is 12.8. The van der Waals surface area contributed by atoms with Crippen molar-refractivity contribution in [3.05, 3.63) is 76.5 Å². The minimum atomic E-state index is -0.908. The molecular formula is C28H37N2O5P. The molecular weight excluding hydrogens is 475 g/mol. The van der Waals surface area contributed by atoms with E-state index in [-0.39, 0.29) is 12.3 Å². The molecule has 1 aromatic heterocycles. The lowest BCUT2D eigenvalue weighted by atomic mass is 10.0. The van der Waals surface area contributed by atoms with E-state index in [2.05, 4.69) is 14.2 Å². The third-order valence-electron chi connectivity index (χ3n) is 5.66. The van der Waals surface area contributed by atoms with Gasteiger partial charge in [-0.1, -0.05) is 42.5 Å². The van der Waals surface area contributed by atoms with Crippen molar-refractivity contribution in [2.45, 2.75) is 67.2 Å². The van der Waals surface area contributed by atoms with Crippen LogP contribution in [0.15, 0.2) is 46.9 Å². The number of ketones is 1. The number of rotatable bonds is 9. The monoisotopic (exact) mass is 512 g/mol. The van der Waals surface area contributed by atoms with Crippen LogP contribution >= 0.6 is 9.24 Å². The summed E-state index contributed by atoms with van der Waals surface area (Å²) in [4.78, 5) is 29.3. The van der Waals surface area contributed by atoms with E-state index in [1.165, 1.54) is 12.2 Å². The van der Waals surface area contributed by atoms with Crippen molar-refractivity contribution in [3.8, 4) is 5.75 Å². The lowest BCUT2D eigenvalue weighted by molar-refractivity contribution is -0.138. The number of ether oxygens (including phenoxy) is 1. The molecule has 1 heterocycles. The predicted octanol–water partition coefficient (Wildman–Crippen LogP) is 4.93. The smallest absolute Gasteiger partial charge is 0.317 e. The molecule has 0 saturated heterocycles. The molecule has 0 aliphatic rings. The molecule has 0 radical (unpaired) electrons. The molecule has 8 heteroatoms. The van der Waals surface area contributed by atoms with Gasteiger partial charge in [-0.15, -0.1) is 9.24 Å². The first-order valence-electron chi connectivity index (χ1n) is 11.8. The standard InChI is InChI=1S/C22H30N2O5.C6H7P/c1-13-8-18(9-14(2)21(13)29-22(6,7)16(4)25)10-24(12-20(26)27)11-19-15(3)28-17(5)23-19;7-6-4-2-1-3-5-6/h8-9H,10-12H2,1-7H3,(H,26,27);1-5H,7H2. The normalized spacial score (nSPS) is 11.1. The number of oxazole rings is 1. The first kappa shape index (κ1) is 29.2. The van der Waals surface area contributed by atoms with Crippen LogP contribution in [-0.2, 0) is 22.7 Å². The lowest BCUT2D eigenvalue weighted by Gasteiger charge is -2.27. The fourth-order valence-electron chi connectivity index (χ4n) is 3.62. The number of carbonyl (C=O) groups is 2. The molecule has 0 aliphatic heterocycles. The molecule has 1 atom stereocenters. The van der Waals surface area contributed by atoms with Gasteiger partial charge in [0, 0.05) is 20.0 Å². The third-order valence-corrected chi connectivity index (χ3v) is 6.05. The largest absolute Gasteiger partial charge is 0.480 e. The van der Waals surface area contributed by atoms with Gasteiger partial charge in [0.15, 0.2) is 17.3 Å². The molecule has 7 nitrogen and oxygen atoms in total. The van der Waals surface area contributed by atoms with Gasteiger partial charge in [-0.3, -0.25) is 14.5 Å². The fraction of sp³-hybridized carbons (Fsp3) is 0.393. The molecule has 1 N–H and O–H groups in total. The Morgan fingerprint density at radius 1 is 1.06 bits per heavy atom. The summed E-state index contributed by atoms with van der Waals surface area (Å²) in [6, 6.07) is 14.1. The quantitative estimate of drug-likeness (QED) is 0.407. The Labute approximate surface area is 216 Å². The Morgan fingerprint density at radius 3 is 2.06 bits per heavy atom. The number of carbonyl (C=O) groups excluding carboxylic acids is 1. The molecule has 0 spiro atoms. The molecule has 0 bridgehead atoms. The lowest BCUT2D eigenvalue weighted by Crippen LogP contribution is -2.36. The van der Waals surface area contributed by atoms with Crippen molar-refractivity contribution in [2.75, 3.05) is 6.54 Å². The first-order chi connectivity index (χ1) is 16.8. The van der Waals surface area contributed by atoms with Crippen LogP contribution in [0.3, 0.4) is 0 Å². The van der Waals surface area contributed by atoms with Crippen molar-refractivity contribution >= 4 is 26.3 Å². The van der Waals surface area contributed by atoms with Crippen LogP contribution in [0.25, 0.3) is 0 Å². The van der Waals surface area contributed by atoms with E-state index < -0.39 is 11.6 Å². The average Bonchev–Trinajstić information content (AvgIpc) is 3.07. The molecule has 1 unspecified atom stereocenters. The van der Waals surface area contributed by atoms with Gasteiger partial charge in [0.25, 0.3) is 0 Å². The highest BCUT2D eigenvalue weighted by atomic mass is 31.0. The van der Waals surface area contributed by atoms with Crippen molar-refractivity contribution in [3.63, 3.8) is 0 Å². The molecule has 3 rings (SSSR count). The number of carboxylic acid groups (broad SMARTS) is 1. The van der Waals surface area contributed by atoms with Gasteiger partial charge in [-0.2, -0.15) is 0 Å². The third kappa shape index (κ3) is 8.89. The summed E-state index contributed by atoms with van der Waals surface area (Å²) in [6.45, 7) is 13.2. The second-order valence-electron chi connectivity index (χ2n) is 9.41.